The summed E-state index contributed by atoms with van der Waals surface area (Å²) in [4.78, 5) is 7.17. The van der Waals surface area contributed by atoms with Crippen molar-refractivity contribution in [1.82, 2.24) is 9.88 Å². The van der Waals surface area contributed by atoms with Crippen LogP contribution in [0.4, 0.5) is 5.82 Å². The first-order valence-corrected chi connectivity index (χ1v) is 6.65. The molecule has 1 saturated heterocycles. The summed E-state index contributed by atoms with van der Waals surface area (Å²) >= 11 is 0. The number of rotatable bonds is 3. The van der Waals surface area contributed by atoms with Gasteiger partial charge >= 0.3 is 0 Å². The molecule has 0 saturated carbocycles. The maximum absolute atomic E-state index is 4.60. The zero-order chi connectivity index (χ0) is 12.3. The second kappa shape index (κ2) is 5.50. The fourth-order valence-corrected chi connectivity index (χ4v) is 2.78. The number of hydrogen-bond donors (Lipinski definition) is 1. The van der Waals surface area contributed by atoms with Crippen LogP contribution in [0.1, 0.15) is 43.5 Å². The van der Waals surface area contributed by atoms with E-state index in [-0.39, 0.29) is 0 Å². The Morgan fingerprint density at radius 3 is 2.88 bits per heavy atom. The molecule has 1 fully saturated rings. The average Bonchev–Trinajstić information content (AvgIpc) is 2.38. The van der Waals surface area contributed by atoms with E-state index in [0.29, 0.717) is 6.04 Å². The van der Waals surface area contributed by atoms with Crippen molar-refractivity contribution < 1.29 is 0 Å². The molecule has 0 bridgehead atoms. The number of nitrogens with one attached hydrogen (secondary N) is 1. The molecule has 1 atom stereocenters. The summed E-state index contributed by atoms with van der Waals surface area (Å²) in [6, 6.07) is 4.91. The number of piperidine rings is 1. The van der Waals surface area contributed by atoms with Crippen molar-refractivity contribution in [1.29, 1.82) is 0 Å². The van der Waals surface area contributed by atoms with Gasteiger partial charge in [-0.1, -0.05) is 19.4 Å². The van der Waals surface area contributed by atoms with E-state index in [1.807, 2.05) is 7.05 Å². The fraction of sp³-hybridized carbons (Fsp3) is 0.643. The van der Waals surface area contributed by atoms with Crippen LogP contribution in [0.3, 0.4) is 0 Å². The maximum Gasteiger partial charge on any atom is 0.125 e. The van der Waals surface area contributed by atoms with Crippen molar-refractivity contribution in [2.24, 2.45) is 0 Å². The van der Waals surface area contributed by atoms with Gasteiger partial charge in [0, 0.05) is 18.8 Å². The lowest BCUT2D eigenvalue weighted by molar-refractivity contribution is 0.156. The molecule has 17 heavy (non-hydrogen) atoms. The van der Waals surface area contributed by atoms with Crippen LogP contribution in [-0.2, 0) is 0 Å². The minimum atomic E-state index is 0.576. The van der Waals surface area contributed by atoms with Gasteiger partial charge in [-0.05, 0) is 44.5 Å². The van der Waals surface area contributed by atoms with Gasteiger partial charge in [-0.3, -0.25) is 4.90 Å². The zero-order valence-corrected chi connectivity index (χ0v) is 11.2. The highest BCUT2D eigenvalue weighted by Gasteiger charge is 2.24. The monoisotopic (exact) mass is 233 g/mol. The third-order valence-electron chi connectivity index (χ3n) is 3.76. The van der Waals surface area contributed by atoms with Crippen molar-refractivity contribution >= 4 is 5.82 Å². The molecule has 2 heterocycles. The molecule has 3 nitrogen and oxygen atoms in total. The van der Waals surface area contributed by atoms with E-state index < -0.39 is 0 Å². The summed E-state index contributed by atoms with van der Waals surface area (Å²) in [7, 11) is 1.92. The SMILES string of the molecule is CCN1CCCC[C@@H]1c1ccc(NC)nc1C. The van der Waals surface area contributed by atoms with Crippen molar-refractivity contribution in [3.8, 4) is 0 Å². The molecule has 2 rings (SSSR count). The van der Waals surface area contributed by atoms with Crippen LogP contribution in [0.25, 0.3) is 0 Å². The van der Waals surface area contributed by atoms with Crippen LogP contribution >= 0.6 is 0 Å². The molecular weight excluding hydrogens is 210 g/mol. The Kier molecular flexibility index (Phi) is 4.00. The third-order valence-corrected chi connectivity index (χ3v) is 3.76. The second-order valence-electron chi connectivity index (χ2n) is 4.76. The molecule has 1 aliphatic rings. The molecule has 1 aromatic heterocycles. The molecule has 0 unspecified atom stereocenters. The number of likely N-dealkylation sites (tertiary alicyclic amines) is 1. The molecule has 0 amide bonds. The standard InChI is InChI=1S/C14H23N3/c1-4-17-10-6-5-7-13(17)12-8-9-14(15-3)16-11(12)2/h8-9,13H,4-7,10H2,1-3H3,(H,15,16)/t13-/m1/s1. The predicted molar refractivity (Wildman–Crippen MR) is 72.4 cm³/mol. The van der Waals surface area contributed by atoms with Crippen LogP contribution in [0.15, 0.2) is 12.1 Å². The Bertz CT molecular complexity index is 376. The van der Waals surface area contributed by atoms with Crippen LogP contribution in [0, 0.1) is 6.92 Å². The lowest BCUT2D eigenvalue weighted by Gasteiger charge is -2.35. The van der Waals surface area contributed by atoms with E-state index in [2.05, 4.69) is 41.2 Å². The first-order chi connectivity index (χ1) is 8.26. The van der Waals surface area contributed by atoms with Crippen molar-refractivity contribution in [2.75, 3.05) is 25.5 Å². The van der Waals surface area contributed by atoms with Gasteiger partial charge in [0.25, 0.3) is 0 Å². The topological polar surface area (TPSA) is 28.2 Å². The summed E-state index contributed by atoms with van der Waals surface area (Å²) in [6.45, 7) is 6.74. The van der Waals surface area contributed by atoms with Gasteiger partial charge in [0.05, 0.1) is 0 Å². The van der Waals surface area contributed by atoms with Crippen LogP contribution in [0.5, 0.6) is 0 Å². The van der Waals surface area contributed by atoms with Crippen molar-refractivity contribution in [2.45, 2.75) is 39.2 Å². The normalized spacial score (nSPS) is 21.5. The summed E-state index contributed by atoms with van der Waals surface area (Å²) < 4.78 is 0. The third kappa shape index (κ3) is 2.60. The van der Waals surface area contributed by atoms with Crippen LogP contribution in [-0.4, -0.2) is 30.0 Å². The molecule has 1 N–H and O–H groups in total. The molecule has 0 aromatic carbocycles. The van der Waals surface area contributed by atoms with E-state index >= 15 is 0 Å². The summed E-state index contributed by atoms with van der Waals surface area (Å²) in [5.74, 6) is 0.963. The van der Waals surface area contributed by atoms with E-state index in [1.165, 1.54) is 37.1 Å². The largest absolute Gasteiger partial charge is 0.373 e. The van der Waals surface area contributed by atoms with E-state index in [1.54, 1.807) is 0 Å². The lowest BCUT2D eigenvalue weighted by atomic mass is 9.94. The predicted octanol–water partition coefficient (Wildman–Crippen LogP) is 2.98. The quantitative estimate of drug-likeness (QED) is 0.870. The van der Waals surface area contributed by atoms with Gasteiger partial charge in [0.1, 0.15) is 5.82 Å². The number of hydrogen-bond acceptors (Lipinski definition) is 3. The molecule has 0 radical (unpaired) electrons. The van der Waals surface area contributed by atoms with Gasteiger partial charge < -0.3 is 5.32 Å². The lowest BCUT2D eigenvalue weighted by Crippen LogP contribution is -2.33. The van der Waals surface area contributed by atoms with Gasteiger partial charge in [-0.2, -0.15) is 0 Å². The Hall–Kier alpha value is -1.09. The highest BCUT2D eigenvalue weighted by atomic mass is 15.2. The number of aryl methyl sites for hydroxylation is 1. The number of anilines is 1. The smallest absolute Gasteiger partial charge is 0.125 e. The van der Waals surface area contributed by atoms with Gasteiger partial charge in [-0.25, -0.2) is 4.98 Å². The number of aromatic nitrogens is 1. The van der Waals surface area contributed by atoms with Gasteiger partial charge in [0.2, 0.25) is 0 Å². The van der Waals surface area contributed by atoms with Crippen molar-refractivity contribution in [3.05, 3.63) is 23.4 Å². The van der Waals surface area contributed by atoms with E-state index in [4.69, 9.17) is 0 Å². The summed E-state index contributed by atoms with van der Waals surface area (Å²) in [5, 5.41) is 3.10. The summed E-state index contributed by atoms with van der Waals surface area (Å²) in [6.07, 6.45) is 3.95. The van der Waals surface area contributed by atoms with Gasteiger partial charge in [-0.15, -0.1) is 0 Å². The first kappa shape index (κ1) is 12.4. The summed E-state index contributed by atoms with van der Waals surface area (Å²) in [5.41, 5.74) is 2.58. The minimum absolute atomic E-state index is 0.576. The van der Waals surface area contributed by atoms with Crippen LogP contribution < -0.4 is 5.32 Å². The van der Waals surface area contributed by atoms with Gasteiger partial charge in [0.15, 0.2) is 0 Å². The Morgan fingerprint density at radius 2 is 2.24 bits per heavy atom. The molecular formula is C14H23N3. The Morgan fingerprint density at radius 1 is 1.41 bits per heavy atom. The molecule has 0 spiro atoms. The molecule has 94 valence electrons. The molecule has 1 aliphatic heterocycles. The fourth-order valence-electron chi connectivity index (χ4n) is 2.78. The first-order valence-electron chi connectivity index (χ1n) is 6.65. The molecule has 0 aliphatic carbocycles. The number of nitrogens with zero attached hydrogens (tertiary/aromatic N) is 2. The Balaban J connectivity index is 2.25. The van der Waals surface area contributed by atoms with E-state index in [9.17, 15) is 0 Å². The van der Waals surface area contributed by atoms with Crippen molar-refractivity contribution in [3.63, 3.8) is 0 Å². The van der Waals surface area contributed by atoms with E-state index in [0.717, 1.165) is 12.4 Å². The Labute approximate surface area is 104 Å². The highest BCUT2D eigenvalue weighted by molar-refractivity contribution is 5.39. The second-order valence-corrected chi connectivity index (χ2v) is 4.76. The maximum atomic E-state index is 4.60. The minimum Gasteiger partial charge on any atom is -0.373 e. The van der Waals surface area contributed by atoms with Crippen LogP contribution in [0.2, 0.25) is 0 Å². The highest BCUT2D eigenvalue weighted by Crippen LogP contribution is 2.32. The number of pyridine rings is 1. The molecule has 3 heteroatoms. The average molecular weight is 233 g/mol. The molecule has 1 aromatic rings. The zero-order valence-electron chi connectivity index (χ0n) is 11.2.